The molecule has 0 bridgehead atoms. The van der Waals surface area contributed by atoms with Gasteiger partial charge in [-0.25, -0.2) is 4.84 Å². The summed E-state index contributed by atoms with van der Waals surface area (Å²) < 4.78 is 0. The predicted molar refractivity (Wildman–Crippen MR) is 51.1 cm³/mol. The largest absolute Gasteiger partial charge is 0.234 e. The number of aryl methyl sites for hydroxylation is 1. The highest BCUT2D eigenvalue weighted by Gasteiger charge is 1.92. The lowest BCUT2D eigenvalue weighted by Crippen LogP contribution is -2.00. The monoisotopic (exact) mass is 189 g/mol. The van der Waals surface area contributed by atoms with Crippen LogP contribution in [0.1, 0.15) is 17.7 Å². The Balaban J connectivity index is 2.04. The van der Waals surface area contributed by atoms with E-state index in [2.05, 4.69) is 22.3 Å². The minimum absolute atomic E-state index is 0.910. The fourth-order valence-electron chi connectivity index (χ4n) is 0.946. The molecule has 0 aromatic carbocycles. The Morgan fingerprint density at radius 1 is 1.45 bits per heavy atom. The molecule has 11 heavy (non-hydrogen) atoms. The summed E-state index contributed by atoms with van der Waals surface area (Å²) in [7, 11) is 0. The summed E-state index contributed by atoms with van der Waals surface area (Å²) >= 11 is 7.14. The average Bonchev–Trinajstić information content (AvgIpc) is 2.50. The van der Waals surface area contributed by atoms with Gasteiger partial charge < -0.3 is 0 Å². The van der Waals surface area contributed by atoms with Crippen molar-refractivity contribution in [1.29, 1.82) is 0 Å². The van der Waals surface area contributed by atoms with Gasteiger partial charge in [-0.05, 0) is 42.5 Å². The van der Waals surface area contributed by atoms with E-state index >= 15 is 0 Å². The molecule has 0 saturated heterocycles. The molecule has 62 valence electrons. The van der Waals surface area contributed by atoms with Gasteiger partial charge in [0.05, 0.1) is 0 Å². The molecule has 0 radical (unpaired) electrons. The Hall–Kier alpha value is -0.0500. The van der Waals surface area contributed by atoms with E-state index in [0.717, 1.165) is 13.0 Å². The molecule has 0 spiro atoms. The summed E-state index contributed by atoms with van der Waals surface area (Å²) in [4.78, 5) is 4.10. The summed E-state index contributed by atoms with van der Waals surface area (Å²) in [6.45, 7) is 0.910. The van der Waals surface area contributed by atoms with Crippen LogP contribution in [-0.2, 0) is 6.42 Å². The molecule has 1 N–H and O–H groups in total. The Morgan fingerprint density at radius 2 is 2.36 bits per heavy atom. The molecule has 1 rings (SSSR count). The number of halogens is 1. The fraction of sp³-hybridized carbons (Fsp3) is 0.500. The second-order valence-electron chi connectivity index (χ2n) is 2.42. The number of unbranched alkanes of at least 4 members (excludes halogenated alkanes) is 1. The second kappa shape index (κ2) is 5.58. The number of hydrogen-bond donors (Lipinski definition) is 1. The number of hydrogen-bond acceptors (Lipinski definition) is 2. The molecule has 1 nitrogen and oxygen atoms in total. The maximum atomic E-state index is 5.31. The van der Waals surface area contributed by atoms with Gasteiger partial charge >= 0.3 is 0 Å². The van der Waals surface area contributed by atoms with Gasteiger partial charge in [-0.2, -0.15) is 0 Å². The highest BCUT2D eigenvalue weighted by Crippen LogP contribution is 2.11. The molecule has 0 aliphatic heterocycles. The van der Waals surface area contributed by atoms with Gasteiger partial charge in [0.15, 0.2) is 0 Å². The SMILES string of the molecule is ClNCCCCc1cccs1. The topological polar surface area (TPSA) is 12.0 Å². The highest BCUT2D eigenvalue weighted by molar-refractivity contribution is 7.09. The molecule has 0 amide bonds. The molecule has 0 atom stereocenters. The van der Waals surface area contributed by atoms with Crippen LogP contribution in [0.15, 0.2) is 17.5 Å². The van der Waals surface area contributed by atoms with Crippen LogP contribution in [0.5, 0.6) is 0 Å². The molecule has 0 aliphatic rings. The Kier molecular flexibility index (Phi) is 4.59. The lowest BCUT2D eigenvalue weighted by Gasteiger charge is -1.96. The number of nitrogens with one attached hydrogen (secondary N) is 1. The Labute approximate surface area is 76.5 Å². The van der Waals surface area contributed by atoms with Crippen molar-refractivity contribution in [3.05, 3.63) is 22.4 Å². The van der Waals surface area contributed by atoms with E-state index < -0.39 is 0 Å². The van der Waals surface area contributed by atoms with Crippen LogP contribution in [0.2, 0.25) is 0 Å². The van der Waals surface area contributed by atoms with E-state index in [9.17, 15) is 0 Å². The van der Waals surface area contributed by atoms with Gasteiger partial charge in [-0.15, -0.1) is 11.3 Å². The summed E-state index contributed by atoms with van der Waals surface area (Å²) in [6.07, 6.45) is 3.57. The maximum absolute atomic E-state index is 5.31. The lowest BCUT2D eigenvalue weighted by atomic mass is 10.2. The van der Waals surface area contributed by atoms with Crippen molar-refractivity contribution >= 4 is 23.1 Å². The van der Waals surface area contributed by atoms with Gasteiger partial charge in [-0.3, -0.25) is 0 Å². The van der Waals surface area contributed by atoms with Crippen LogP contribution in [0.3, 0.4) is 0 Å². The summed E-state index contributed by atoms with van der Waals surface area (Å²) in [5, 5.41) is 2.12. The van der Waals surface area contributed by atoms with Crippen molar-refractivity contribution in [3.63, 3.8) is 0 Å². The van der Waals surface area contributed by atoms with Crippen molar-refractivity contribution in [2.45, 2.75) is 19.3 Å². The zero-order valence-corrected chi connectivity index (χ0v) is 7.92. The zero-order valence-electron chi connectivity index (χ0n) is 6.35. The smallest absolute Gasteiger partial charge is 0.0108 e. The van der Waals surface area contributed by atoms with Crippen molar-refractivity contribution in [2.24, 2.45) is 0 Å². The van der Waals surface area contributed by atoms with Crippen molar-refractivity contribution < 1.29 is 0 Å². The Morgan fingerprint density at radius 3 is 3.00 bits per heavy atom. The van der Waals surface area contributed by atoms with Crippen LogP contribution >= 0.6 is 23.1 Å². The van der Waals surface area contributed by atoms with Crippen LogP contribution in [0, 0.1) is 0 Å². The molecule has 0 saturated carbocycles. The fourth-order valence-corrected chi connectivity index (χ4v) is 1.83. The molecule has 0 unspecified atom stereocenters. The van der Waals surface area contributed by atoms with E-state index in [4.69, 9.17) is 11.8 Å². The van der Waals surface area contributed by atoms with Crippen molar-refractivity contribution in [2.75, 3.05) is 6.54 Å². The molecular formula is C8H12ClNS. The van der Waals surface area contributed by atoms with Gasteiger partial charge in [0.2, 0.25) is 0 Å². The van der Waals surface area contributed by atoms with Gasteiger partial charge in [0, 0.05) is 11.4 Å². The third kappa shape index (κ3) is 3.75. The van der Waals surface area contributed by atoms with E-state index in [1.165, 1.54) is 17.7 Å². The van der Waals surface area contributed by atoms with Gasteiger partial charge in [0.25, 0.3) is 0 Å². The highest BCUT2D eigenvalue weighted by atomic mass is 35.5. The maximum Gasteiger partial charge on any atom is 0.0108 e. The molecule has 0 aliphatic carbocycles. The van der Waals surface area contributed by atoms with Crippen LogP contribution < -0.4 is 4.84 Å². The van der Waals surface area contributed by atoms with Crippen molar-refractivity contribution in [3.8, 4) is 0 Å². The standard InChI is InChI=1S/C8H12ClNS/c9-10-6-2-1-4-8-5-3-7-11-8/h3,5,7,10H,1-2,4,6H2. The lowest BCUT2D eigenvalue weighted by molar-refractivity contribution is 0.725. The summed E-state index contributed by atoms with van der Waals surface area (Å²) in [5.41, 5.74) is 0. The molecule has 1 aromatic heterocycles. The Bertz CT molecular complexity index is 174. The summed E-state index contributed by atoms with van der Waals surface area (Å²) in [6, 6.07) is 4.28. The number of thiophene rings is 1. The molecule has 3 heteroatoms. The third-order valence-corrected chi connectivity index (χ3v) is 2.65. The van der Waals surface area contributed by atoms with E-state index in [1.54, 1.807) is 0 Å². The first kappa shape index (κ1) is 9.04. The molecule has 1 aromatic rings. The van der Waals surface area contributed by atoms with E-state index in [1.807, 2.05) is 11.3 Å². The van der Waals surface area contributed by atoms with Gasteiger partial charge in [-0.1, -0.05) is 6.07 Å². The molecular weight excluding hydrogens is 178 g/mol. The first-order valence-corrected chi connectivity index (χ1v) is 5.05. The third-order valence-electron chi connectivity index (χ3n) is 1.52. The zero-order chi connectivity index (χ0) is 7.94. The normalized spacial score (nSPS) is 10.3. The number of rotatable bonds is 5. The quantitative estimate of drug-likeness (QED) is 0.555. The predicted octanol–water partition coefficient (Wildman–Crippen LogP) is 2.81. The molecule has 1 heterocycles. The minimum atomic E-state index is 0.910. The van der Waals surface area contributed by atoms with Crippen LogP contribution in [-0.4, -0.2) is 6.54 Å². The first-order valence-electron chi connectivity index (χ1n) is 3.79. The minimum Gasteiger partial charge on any atom is -0.234 e. The van der Waals surface area contributed by atoms with E-state index in [-0.39, 0.29) is 0 Å². The van der Waals surface area contributed by atoms with Crippen molar-refractivity contribution in [1.82, 2.24) is 4.84 Å². The average molecular weight is 190 g/mol. The first-order chi connectivity index (χ1) is 5.43. The van der Waals surface area contributed by atoms with E-state index in [0.29, 0.717) is 0 Å². The summed E-state index contributed by atoms with van der Waals surface area (Å²) in [5.74, 6) is 0. The molecule has 0 fully saturated rings. The second-order valence-corrected chi connectivity index (χ2v) is 3.72. The van der Waals surface area contributed by atoms with Crippen LogP contribution in [0.25, 0.3) is 0 Å². The van der Waals surface area contributed by atoms with Gasteiger partial charge in [0.1, 0.15) is 0 Å². The van der Waals surface area contributed by atoms with Crippen LogP contribution in [0.4, 0.5) is 0 Å².